The van der Waals surface area contributed by atoms with Gasteiger partial charge in [-0.2, -0.15) is 0 Å². The summed E-state index contributed by atoms with van der Waals surface area (Å²) in [5.74, 6) is 0.674. The third-order valence-electron chi connectivity index (χ3n) is 3.19. The monoisotopic (exact) mass is 365 g/mol. The third-order valence-corrected chi connectivity index (χ3v) is 3.81. The molecule has 23 heavy (non-hydrogen) atoms. The molecule has 0 aliphatic carbocycles. The van der Waals surface area contributed by atoms with Crippen molar-refractivity contribution in [2.45, 2.75) is 20.8 Å². The van der Waals surface area contributed by atoms with Crippen LogP contribution in [0.3, 0.4) is 0 Å². The number of benzene rings is 1. The zero-order valence-electron chi connectivity index (χ0n) is 14.5. The van der Waals surface area contributed by atoms with Crippen molar-refractivity contribution >= 4 is 65.8 Å². The van der Waals surface area contributed by atoms with Crippen LogP contribution in [0.15, 0.2) is 18.2 Å². The molecule has 124 valence electrons. The van der Waals surface area contributed by atoms with E-state index in [1.807, 2.05) is 30.1 Å². The fourth-order valence-corrected chi connectivity index (χ4v) is 2.58. The van der Waals surface area contributed by atoms with Crippen molar-refractivity contribution in [1.29, 1.82) is 0 Å². The second-order valence-corrected chi connectivity index (χ2v) is 7.08. The van der Waals surface area contributed by atoms with Gasteiger partial charge in [0, 0.05) is 0 Å². The average Bonchev–Trinajstić information content (AvgIpc) is 2.51. The second-order valence-electron chi connectivity index (χ2n) is 4.70. The molecule has 0 fully saturated rings. The van der Waals surface area contributed by atoms with E-state index in [0.717, 1.165) is 41.0 Å². The van der Waals surface area contributed by atoms with Gasteiger partial charge in [0.05, 0.1) is 0 Å². The molecular weight excluding hydrogens is 341 g/mol. The first kappa shape index (κ1) is 22.7. The van der Waals surface area contributed by atoms with E-state index >= 15 is 0 Å². The Hall–Kier alpha value is -0.310. The molecule has 0 saturated heterocycles. The first-order valence-corrected chi connectivity index (χ1v) is 9.37. The predicted molar refractivity (Wildman–Crippen MR) is 104 cm³/mol. The molecule has 0 heterocycles. The molecular formula is C15H24N3NaO2S2. The average molecular weight is 366 g/mol. The van der Waals surface area contributed by atoms with Crippen LogP contribution in [0.5, 0.6) is 5.75 Å². The molecule has 0 aliphatic rings. The molecule has 0 aromatic heterocycles. The maximum atomic E-state index is 12.6. The fraction of sp³-hybridized carbons (Fsp3) is 0.467. The largest absolute Gasteiger partial charge is 0.385 e. The number of rotatable bonds is 6. The molecule has 1 rings (SSSR count). The van der Waals surface area contributed by atoms with Crippen LogP contribution in [-0.2, 0) is 0 Å². The van der Waals surface area contributed by atoms with E-state index in [0.29, 0.717) is 17.9 Å². The van der Waals surface area contributed by atoms with Crippen LogP contribution in [-0.4, -0.2) is 74.9 Å². The van der Waals surface area contributed by atoms with Gasteiger partial charge in [-0.1, -0.05) is 12.2 Å². The first-order chi connectivity index (χ1) is 10.8. The molecule has 0 aliphatic heterocycles. The molecule has 0 spiro atoms. The van der Waals surface area contributed by atoms with Gasteiger partial charge in [0.2, 0.25) is 0 Å². The number of hydrazine groups is 1. The van der Waals surface area contributed by atoms with Crippen molar-refractivity contribution in [1.82, 2.24) is 10.0 Å². The Kier molecular flexibility index (Phi) is 11.9. The Morgan fingerprint density at radius 3 is 2.22 bits per heavy atom. The van der Waals surface area contributed by atoms with Crippen molar-refractivity contribution in [3.05, 3.63) is 23.8 Å². The second kappa shape index (κ2) is 12.1. The molecule has 2 N–H and O–H groups in total. The molecule has 1 aromatic rings. The number of thiocarbonyl (C=S) groups is 1. The van der Waals surface area contributed by atoms with E-state index in [1.54, 1.807) is 12.1 Å². The Morgan fingerprint density at radius 1 is 1.30 bits per heavy atom. The minimum absolute atomic E-state index is 0.00437. The van der Waals surface area contributed by atoms with E-state index in [1.165, 1.54) is 2.81 Å². The standard InChI is InChI=1S/C14H21N2O2.CH3NS2.Na/c1-5-15(6-2)16(7-3)14(17)12-10-8-9-11-13(12)18-4;2-1(3)4;/h8,10-11H,5-7H2,1-4H3;(H3,2,3,4);. The SMILES string of the molecule is CCN(CC)N(CC)C(=O)c1cc[c]([Na])cc1OC.NC(=S)S. The minimum Gasteiger partial charge on any atom is -0.385 e. The summed E-state index contributed by atoms with van der Waals surface area (Å²) in [5.41, 5.74) is 5.34. The van der Waals surface area contributed by atoms with Crippen LogP contribution < -0.4 is 13.3 Å². The summed E-state index contributed by atoms with van der Waals surface area (Å²) in [5, 5.41) is 3.82. The molecule has 1 aromatic carbocycles. The first-order valence-electron chi connectivity index (χ1n) is 7.51. The third kappa shape index (κ3) is 7.87. The molecule has 8 heteroatoms. The summed E-state index contributed by atoms with van der Waals surface area (Å²) in [4.78, 5) is 12.6. The molecule has 0 atom stereocenters. The van der Waals surface area contributed by atoms with Gasteiger partial charge in [-0.25, -0.2) is 0 Å². The Bertz CT molecular complexity index is 521. The van der Waals surface area contributed by atoms with Crippen LogP contribution in [0.25, 0.3) is 0 Å². The van der Waals surface area contributed by atoms with E-state index in [-0.39, 0.29) is 10.2 Å². The topological polar surface area (TPSA) is 58.8 Å². The van der Waals surface area contributed by atoms with E-state index < -0.39 is 0 Å². The minimum atomic E-state index is 0.00437. The van der Waals surface area contributed by atoms with Gasteiger partial charge in [0.15, 0.2) is 0 Å². The summed E-state index contributed by atoms with van der Waals surface area (Å²) < 4.78 is 6.76. The predicted octanol–water partition coefficient (Wildman–Crippen LogP) is 1.37. The number of carbonyl (C=O) groups is 1. The van der Waals surface area contributed by atoms with E-state index in [9.17, 15) is 4.79 Å². The van der Waals surface area contributed by atoms with Crippen molar-refractivity contribution in [2.24, 2.45) is 5.73 Å². The molecule has 0 bridgehead atoms. The van der Waals surface area contributed by atoms with Gasteiger partial charge in [-0.3, -0.25) is 0 Å². The Morgan fingerprint density at radius 2 is 1.83 bits per heavy atom. The maximum absolute atomic E-state index is 12.6. The number of methoxy groups -OCH3 is 1. The number of nitrogens with zero attached hydrogens (tertiary/aromatic N) is 2. The van der Waals surface area contributed by atoms with Crippen LogP contribution >= 0.6 is 24.8 Å². The summed E-state index contributed by atoms with van der Waals surface area (Å²) in [6.45, 7) is 8.39. The van der Waals surface area contributed by atoms with E-state index in [2.05, 4.69) is 38.7 Å². The molecule has 0 unspecified atom stereocenters. The van der Waals surface area contributed by atoms with Gasteiger partial charge >= 0.3 is 133 Å². The molecule has 5 nitrogen and oxygen atoms in total. The number of thiol groups is 1. The fourth-order valence-electron chi connectivity index (χ4n) is 2.15. The maximum Gasteiger partial charge on any atom is 0.128 e. The Labute approximate surface area is 167 Å². The number of hydrogen-bond acceptors (Lipinski definition) is 4. The van der Waals surface area contributed by atoms with Crippen molar-refractivity contribution in [3.8, 4) is 5.75 Å². The summed E-state index contributed by atoms with van der Waals surface area (Å²) in [6.07, 6.45) is 0. The number of carbonyl (C=O) groups excluding carboxylic acids is 1. The van der Waals surface area contributed by atoms with Gasteiger partial charge < -0.3 is 5.73 Å². The number of amides is 1. The van der Waals surface area contributed by atoms with E-state index in [4.69, 9.17) is 10.5 Å². The van der Waals surface area contributed by atoms with Gasteiger partial charge in [0.1, 0.15) is 4.32 Å². The number of ether oxygens (including phenoxy) is 1. The number of nitrogens with two attached hydrogens (primary N) is 1. The Balaban J connectivity index is 0.00000108. The normalized spacial score (nSPS) is 9.91. The zero-order valence-corrected chi connectivity index (χ0v) is 18.2. The molecule has 0 radical (unpaired) electrons. The van der Waals surface area contributed by atoms with Crippen LogP contribution in [0.2, 0.25) is 0 Å². The summed E-state index contributed by atoms with van der Waals surface area (Å²) >= 11 is 8.60. The van der Waals surface area contributed by atoms with Crippen molar-refractivity contribution in [3.63, 3.8) is 0 Å². The zero-order chi connectivity index (χ0) is 18.0. The van der Waals surface area contributed by atoms with Crippen LogP contribution in [0.1, 0.15) is 31.1 Å². The summed E-state index contributed by atoms with van der Waals surface area (Å²) in [6, 6.07) is 5.82. The van der Waals surface area contributed by atoms with Crippen LogP contribution in [0, 0.1) is 0 Å². The smallest absolute Gasteiger partial charge is 0.128 e. The summed E-state index contributed by atoms with van der Waals surface area (Å²) in [7, 11) is 1.61. The van der Waals surface area contributed by atoms with Gasteiger partial charge in [-0.15, -0.1) is 12.6 Å². The van der Waals surface area contributed by atoms with Gasteiger partial charge in [0.25, 0.3) is 0 Å². The molecule has 1 amide bonds. The van der Waals surface area contributed by atoms with Crippen molar-refractivity contribution in [2.75, 3.05) is 26.7 Å². The van der Waals surface area contributed by atoms with Crippen LogP contribution in [0.4, 0.5) is 0 Å². The number of hydrogen-bond donors (Lipinski definition) is 2. The van der Waals surface area contributed by atoms with Gasteiger partial charge in [-0.05, 0) is 0 Å². The van der Waals surface area contributed by atoms with Crippen molar-refractivity contribution < 1.29 is 9.53 Å². The quantitative estimate of drug-likeness (QED) is 0.345. The molecule has 0 saturated carbocycles.